The van der Waals surface area contributed by atoms with Crippen LogP contribution in [-0.4, -0.2) is 60.6 Å². The highest BCUT2D eigenvalue weighted by molar-refractivity contribution is 5.98. The maximum Gasteiger partial charge on any atom is 0.277 e. The van der Waals surface area contributed by atoms with E-state index >= 15 is 0 Å². The molecule has 3 rings (SSSR count). The van der Waals surface area contributed by atoms with Gasteiger partial charge in [0.05, 0.1) is 34.4 Å². The molecule has 40 heavy (non-hydrogen) atoms. The van der Waals surface area contributed by atoms with E-state index in [9.17, 15) is 5.11 Å². The topological polar surface area (TPSA) is 54.2 Å². The number of nitrogens with zero attached hydrogens (tertiary/aromatic N) is 2. The molecule has 1 aromatic carbocycles. The molecule has 0 spiro atoms. The average Bonchev–Trinajstić information content (AvgIpc) is 3.14. The highest BCUT2D eigenvalue weighted by Gasteiger charge is 2.53. The predicted molar refractivity (Wildman–Crippen MR) is 160 cm³/mol. The summed E-state index contributed by atoms with van der Waals surface area (Å²) >= 11 is 0. The fraction of sp³-hybridized carbons (Fsp3) is 0.727. The van der Waals surface area contributed by atoms with Crippen molar-refractivity contribution in [1.82, 2.24) is 4.90 Å². The van der Waals surface area contributed by atoms with Crippen molar-refractivity contribution in [2.24, 2.45) is 0 Å². The van der Waals surface area contributed by atoms with E-state index in [1.165, 1.54) is 82.0 Å². The Labute approximate surface area is 254 Å². The molecule has 1 atom stereocenters. The zero-order chi connectivity index (χ0) is 28.3. The molecule has 0 saturated heterocycles. The quantitative estimate of drug-likeness (QED) is 0.193. The highest BCUT2D eigenvalue weighted by atomic mass is 79.9. The zero-order valence-corrected chi connectivity index (χ0v) is 27.7. The van der Waals surface area contributed by atoms with Crippen molar-refractivity contribution < 1.29 is 40.9 Å². The number of aliphatic hydroxyl groups is 1. The molecule has 1 N–H and O–H groups in total. The lowest BCUT2D eigenvalue weighted by molar-refractivity contribution is -0.554. The summed E-state index contributed by atoms with van der Waals surface area (Å²) < 4.78 is 19.1. The molecular weight excluding hydrogens is 568 g/mol. The number of methoxy groups -OCH3 is 3. The summed E-state index contributed by atoms with van der Waals surface area (Å²) in [6, 6.07) is 4.06. The lowest BCUT2D eigenvalue weighted by Gasteiger charge is -2.34. The SMILES string of the molecule is CCCCCCCCCCCCCCC1(O)C(C)=C(C)C2=[N+](Cc3cc(OC)c(OC)c(OC)c3)CCCN21.[Br-]. The molecule has 0 saturated carbocycles. The number of fused-ring (bicyclic) bond motifs is 1. The maximum atomic E-state index is 12.0. The first-order valence-corrected chi connectivity index (χ1v) is 15.5. The summed E-state index contributed by atoms with van der Waals surface area (Å²) in [5, 5.41) is 12.0. The summed E-state index contributed by atoms with van der Waals surface area (Å²) in [6.45, 7) is 9.15. The van der Waals surface area contributed by atoms with Crippen LogP contribution in [0.3, 0.4) is 0 Å². The Morgan fingerprint density at radius 3 is 1.85 bits per heavy atom. The van der Waals surface area contributed by atoms with Crippen molar-refractivity contribution in [2.75, 3.05) is 34.4 Å². The molecule has 1 unspecified atom stereocenters. The highest BCUT2D eigenvalue weighted by Crippen LogP contribution is 2.41. The first-order valence-electron chi connectivity index (χ1n) is 15.5. The second-order valence-corrected chi connectivity index (χ2v) is 11.5. The van der Waals surface area contributed by atoms with Crippen LogP contribution in [0.1, 0.15) is 116 Å². The summed E-state index contributed by atoms with van der Waals surface area (Å²) in [5.41, 5.74) is 2.55. The van der Waals surface area contributed by atoms with Gasteiger partial charge in [0.25, 0.3) is 5.84 Å². The Morgan fingerprint density at radius 2 is 1.35 bits per heavy atom. The third-order valence-corrected chi connectivity index (χ3v) is 8.79. The first kappa shape index (κ1) is 34.5. The van der Waals surface area contributed by atoms with E-state index in [4.69, 9.17) is 14.2 Å². The van der Waals surface area contributed by atoms with E-state index < -0.39 is 5.72 Å². The first-order chi connectivity index (χ1) is 18.9. The molecule has 0 amide bonds. The van der Waals surface area contributed by atoms with Crippen molar-refractivity contribution in [3.63, 3.8) is 0 Å². The van der Waals surface area contributed by atoms with E-state index in [0.29, 0.717) is 17.2 Å². The molecule has 0 bridgehead atoms. The number of benzene rings is 1. The van der Waals surface area contributed by atoms with Crippen LogP contribution in [0.15, 0.2) is 23.3 Å². The summed E-state index contributed by atoms with van der Waals surface area (Å²) in [5.74, 6) is 3.13. The van der Waals surface area contributed by atoms with Gasteiger partial charge in [0.2, 0.25) is 11.5 Å². The van der Waals surface area contributed by atoms with Gasteiger partial charge in [0.15, 0.2) is 11.5 Å². The normalized spacial score (nSPS) is 18.6. The van der Waals surface area contributed by atoms with E-state index in [-0.39, 0.29) is 17.0 Å². The van der Waals surface area contributed by atoms with Crippen LogP contribution in [0.5, 0.6) is 17.2 Å². The van der Waals surface area contributed by atoms with Gasteiger partial charge in [-0.15, -0.1) is 0 Å². The number of amidine groups is 1. The van der Waals surface area contributed by atoms with Gasteiger partial charge >= 0.3 is 0 Å². The van der Waals surface area contributed by atoms with Crippen LogP contribution in [0, 0.1) is 0 Å². The molecule has 0 aromatic heterocycles. The molecule has 2 aliphatic heterocycles. The van der Waals surface area contributed by atoms with Crippen LogP contribution in [0.2, 0.25) is 0 Å². The zero-order valence-electron chi connectivity index (χ0n) is 26.1. The maximum absolute atomic E-state index is 12.0. The molecule has 7 heteroatoms. The Balaban J connectivity index is 0.00000560. The van der Waals surface area contributed by atoms with Crippen molar-refractivity contribution in [1.29, 1.82) is 0 Å². The van der Waals surface area contributed by atoms with Crippen LogP contribution in [0.4, 0.5) is 0 Å². The summed E-state index contributed by atoms with van der Waals surface area (Å²) in [6.07, 6.45) is 17.8. The van der Waals surface area contributed by atoms with Crippen molar-refractivity contribution in [3.8, 4) is 17.2 Å². The van der Waals surface area contributed by atoms with Crippen LogP contribution < -0.4 is 31.2 Å². The fourth-order valence-corrected chi connectivity index (χ4v) is 6.41. The lowest BCUT2D eigenvalue weighted by atomic mass is 9.96. The molecule has 0 aliphatic carbocycles. The summed E-state index contributed by atoms with van der Waals surface area (Å²) in [7, 11) is 4.94. The second kappa shape index (κ2) is 17.3. The number of rotatable bonds is 18. The van der Waals surface area contributed by atoms with Crippen LogP contribution >= 0.6 is 0 Å². The smallest absolute Gasteiger partial charge is 0.277 e. The fourth-order valence-electron chi connectivity index (χ4n) is 6.41. The monoisotopic (exact) mass is 622 g/mol. The van der Waals surface area contributed by atoms with Crippen LogP contribution in [-0.2, 0) is 6.54 Å². The molecule has 0 radical (unpaired) electrons. The molecule has 2 heterocycles. The lowest BCUT2D eigenvalue weighted by Crippen LogP contribution is -3.00. The van der Waals surface area contributed by atoms with Crippen LogP contribution in [0.25, 0.3) is 0 Å². The van der Waals surface area contributed by atoms with E-state index in [0.717, 1.165) is 50.0 Å². The minimum atomic E-state index is -0.869. The van der Waals surface area contributed by atoms with Gasteiger partial charge in [-0.2, -0.15) is 0 Å². The minimum Gasteiger partial charge on any atom is -1.00 e. The van der Waals surface area contributed by atoms with Gasteiger partial charge < -0.3 is 36.3 Å². The van der Waals surface area contributed by atoms with Crippen molar-refractivity contribution in [2.45, 2.75) is 123 Å². The van der Waals surface area contributed by atoms with E-state index in [1.54, 1.807) is 21.3 Å². The second-order valence-electron chi connectivity index (χ2n) is 11.5. The van der Waals surface area contributed by atoms with Crippen molar-refractivity contribution in [3.05, 3.63) is 28.8 Å². The van der Waals surface area contributed by atoms with E-state index in [2.05, 4.69) is 30.2 Å². The molecule has 0 fully saturated rings. The number of halogens is 1. The number of unbranched alkanes of at least 4 members (excludes halogenated alkanes) is 11. The van der Waals surface area contributed by atoms with Crippen molar-refractivity contribution >= 4 is 5.84 Å². The van der Waals surface area contributed by atoms with Gasteiger partial charge in [-0.05, 0) is 32.4 Å². The molecule has 228 valence electrons. The number of ether oxygens (including phenoxy) is 3. The molecular formula is C33H55BrN2O4. The minimum absolute atomic E-state index is 0. The standard InChI is InChI=1S/C33H55N2O4.BrH/c1-7-8-9-10-11-12-13-14-15-16-17-18-20-33(36)27(3)26(2)32-34(21-19-22-35(32)33)25-28-23-29(37-4)31(39-6)30(24-28)38-5;/h23-24,36H,7-22,25H2,1-6H3;1H/q+1;/p-1. The van der Waals surface area contributed by atoms with Gasteiger partial charge in [-0.1, -0.05) is 77.6 Å². The molecule has 1 aromatic rings. The Bertz CT molecular complexity index is 968. The Morgan fingerprint density at radius 1 is 0.825 bits per heavy atom. The Hall–Kier alpha value is -1.73. The van der Waals surface area contributed by atoms with Gasteiger partial charge in [-0.25, -0.2) is 4.90 Å². The Kier molecular flexibility index (Phi) is 14.9. The third-order valence-electron chi connectivity index (χ3n) is 8.79. The number of hydrogen-bond donors (Lipinski definition) is 1. The third kappa shape index (κ3) is 8.40. The van der Waals surface area contributed by atoms with Gasteiger partial charge in [-0.3, -0.25) is 4.58 Å². The molecule has 2 aliphatic rings. The largest absolute Gasteiger partial charge is 1.00 e. The van der Waals surface area contributed by atoms with Gasteiger partial charge in [0.1, 0.15) is 6.54 Å². The predicted octanol–water partition coefficient (Wildman–Crippen LogP) is 4.46. The average molecular weight is 624 g/mol. The van der Waals surface area contributed by atoms with E-state index in [1.807, 2.05) is 12.1 Å². The van der Waals surface area contributed by atoms with Gasteiger partial charge in [0, 0.05) is 29.6 Å². The summed E-state index contributed by atoms with van der Waals surface area (Å²) in [4.78, 5) is 2.28. The number of hydrogen-bond acceptors (Lipinski definition) is 5. The molecule has 6 nitrogen and oxygen atoms in total.